The van der Waals surface area contributed by atoms with Gasteiger partial charge in [0.15, 0.2) is 0 Å². The van der Waals surface area contributed by atoms with Crippen LogP contribution in [0.5, 0.6) is 0 Å². The molecule has 1 atom stereocenters. The summed E-state index contributed by atoms with van der Waals surface area (Å²) in [5.41, 5.74) is 0. The highest BCUT2D eigenvalue weighted by Gasteiger charge is 2.27. The number of hydrazone groups is 1. The zero-order chi connectivity index (χ0) is 9.14. The normalized spacial score (nSPS) is 22.9. The second-order valence-corrected chi connectivity index (χ2v) is 3.71. The Morgan fingerprint density at radius 2 is 2.25 bits per heavy atom. The summed E-state index contributed by atoms with van der Waals surface area (Å²) in [5.74, 6) is 0. The summed E-state index contributed by atoms with van der Waals surface area (Å²) in [6.45, 7) is 6.40. The highest BCUT2D eigenvalue weighted by Crippen LogP contribution is 2.21. The van der Waals surface area contributed by atoms with E-state index in [4.69, 9.17) is 11.8 Å². The zero-order valence-corrected chi connectivity index (χ0v) is 8.62. The molecule has 0 N–H and O–H groups in total. The Kier molecular flexibility index (Phi) is 3.20. The summed E-state index contributed by atoms with van der Waals surface area (Å²) in [6, 6.07) is 0.418. The van der Waals surface area contributed by atoms with Crippen molar-refractivity contribution in [2.45, 2.75) is 45.8 Å². The lowest BCUT2D eigenvalue weighted by Gasteiger charge is -2.29. The Hall–Kier alpha value is -0.440. The SMILES string of the molecule is CCCC1N(Cl)C=NN1C(C)C. The lowest BCUT2D eigenvalue weighted by atomic mass is 10.2. The van der Waals surface area contributed by atoms with Gasteiger partial charge in [-0.1, -0.05) is 13.3 Å². The molecule has 0 aliphatic carbocycles. The second-order valence-electron chi connectivity index (χ2n) is 3.32. The van der Waals surface area contributed by atoms with Gasteiger partial charge in [-0.05, 0) is 20.3 Å². The van der Waals surface area contributed by atoms with E-state index < -0.39 is 0 Å². The molecule has 0 aromatic heterocycles. The van der Waals surface area contributed by atoms with Crippen LogP contribution in [-0.4, -0.2) is 28.0 Å². The van der Waals surface area contributed by atoms with Crippen molar-refractivity contribution in [2.24, 2.45) is 5.10 Å². The first kappa shape index (κ1) is 9.65. The number of hydrogen-bond donors (Lipinski definition) is 0. The summed E-state index contributed by atoms with van der Waals surface area (Å²) in [7, 11) is 0. The van der Waals surface area contributed by atoms with Gasteiger partial charge in [0.2, 0.25) is 0 Å². The molecule has 0 aromatic carbocycles. The van der Waals surface area contributed by atoms with E-state index in [0.29, 0.717) is 6.04 Å². The van der Waals surface area contributed by atoms with Crippen molar-refractivity contribution >= 4 is 18.1 Å². The summed E-state index contributed by atoms with van der Waals surface area (Å²) in [5, 5.41) is 6.26. The van der Waals surface area contributed by atoms with Crippen LogP contribution in [0.4, 0.5) is 0 Å². The van der Waals surface area contributed by atoms with Gasteiger partial charge in [0.25, 0.3) is 0 Å². The molecular formula is C8H16ClN3. The van der Waals surface area contributed by atoms with Crippen molar-refractivity contribution in [2.75, 3.05) is 0 Å². The molecular weight excluding hydrogens is 174 g/mol. The Bertz CT molecular complexity index is 170. The highest BCUT2D eigenvalue weighted by molar-refractivity contribution is 6.19. The van der Waals surface area contributed by atoms with E-state index in [-0.39, 0.29) is 6.17 Å². The van der Waals surface area contributed by atoms with Crippen LogP contribution in [-0.2, 0) is 0 Å². The minimum Gasteiger partial charge on any atom is -0.269 e. The molecule has 0 saturated carbocycles. The van der Waals surface area contributed by atoms with Crippen molar-refractivity contribution in [3.05, 3.63) is 0 Å². The Morgan fingerprint density at radius 1 is 1.58 bits per heavy atom. The van der Waals surface area contributed by atoms with E-state index in [1.165, 1.54) is 0 Å². The first-order valence-corrected chi connectivity index (χ1v) is 4.77. The van der Waals surface area contributed by atoms with Crippen LogP contribution in [0.15, 0.2) is 5.10 Å². The average molecular weight is 190 g/mol. The van der Waals surface area contributed by atoms with Gasteiger partial charge in [-0.2, -0.15) is 5.10 Å². The Labute approximate surface area is 79.1 Å². The van der Waals surface area contributed by atoms with Crippen LogP contribution >= 0.6 is 11.8 Å². The molecule has 3 nitrogen and oxygen atoms in total. The quantitative estimate of drug-likeness (QED) is 0.635. The van der Waals surface area contributed by atoms with Crippen LogP contribution in [0.3, 0.4) is 0 Å². The fourth-order valence-corrected chi connectivity index (χ4v) is 1.59. The standard InChI is InChI=1S/C8H16ClN3/c1-4-5-8-11(9)6-10-12(8)7(2)3/h6-8H,4-5H2,1-3H3. The molecule has 0 amide bonds. The van der Waals surface area contributed by atoms with E-state index in [9.17, 15) is 0 Å². The molecule has 12 heavy (non-hydrogen) atoms. The topological polar surface area (TPSA) is 18.8 Å². The Morgan fingerprint density at radius 3 is 2.75 bits per heavy atom. The molecule has 1 aliphatic heterocycles. The van der Waals surface area contributed by atoms with Crippen LogP contribution < -0.4 is 0 Å². The maximum absolute atomic E-state index is 5.94. The zero-order valence-electron chi connectivity index (χ0n) is 7.87. The minimum absolute atomic E-state index is 0.247. The molecule has 1 unspecified atom stereocenters. The van der Waals surface area contributed by atoms with E-state index in [2.05, 4.69) is 25.9 Å². The summed E-state index contributed by atoms with van der Waals surface area (Å²) >= 11 is 5.94. The molecule has 1 rings (SSSR count). The van der Waals surface area contributed by atoms with Gasteiger partial charge in [-0.3, -0.25) is 5.01 Å². The highest BCUT2D eigenvalue weighted by atomic mass is 35.5. The molecule has 0 saturated heterocycles. The van der Waals surface area contributed by atoms with Gasteiger partial charge in [0.1, 0.15) is 12.5 Å². The second kappa shape index (κ2) is 3.99. The third kappa shape index (κ3) is 1.83. The van der Waals surface area contributed by atoms with Gasteiger partial charge in [-0.25, -0.2) is 4.42 Å². The molecule has 0 spiro atoms. The van der Waals surface area contributed by atoms with Crippen LogP contribution in [0.2, 0.25) is 0 Å². The third-order valence-electron chi connectivity index (χ3n) is 1.96. The molecule has 70 valence electrons. The maximum atomic E-state index is 5.94. The fourth-order valence-electron chi connectivity index (χ4n) is 1.37. The minimum atomic E-state index is 0.247. The molecule has 0 bridgehead atoms. The van der Waals surface area contributed by atoms with Crippen LogP contribution in [0.1, 0.15) is 33.6 Å². The predicted octanol–water partition coefficient (Wildman–Crippen LogP) is 2.24. The van der Waals surface area contributed by atoms with Gasteiger partial charge in [0, 0.05) is 17.8 Å². The molecule has 0 fully saturated rings. The van der Waals surface area contributed by atoms with Gasteiger partial charge >= 0.3 is 0 Å². The van der Waals surface area contributed by atoms with E-state index >= 15 is 0 Å². The van der Waals surface area contributed by atoms with Crippen molar-refractivity contribution in [1.29, 1.82) is 0 Å². The molecule has 1 heterocycles. The Balaban J connectivity index is 2.56. The first-order chi connectivity index (χ1) is 5.66. The largest absolute Gasteiger partial charge is 0.269 e. The van der Waals surface area contributed by atoms with Crippen LogP contribution in [0.25, 0.3) is 0 Å². The van der Waals surface area contributed by atoms with Gasteiger partial charge in [0.05, 0.1) is 0 Å². The fraction of sp³-hybridized carbons (Fsp3) is 0.875. The number of nitrogens with zero attached hydrogens (tertiary/aromatic N) is 3. The van der Waals surface area contributed by atoms with E-state index in [0.717, 1.165) is 12.8 Å². The van der Waals surface area contributed by atoms with Gasteiger partial charge in [-0.15, -0.1) is 0 Å². The molecule has 0 aromatic rings. The first-order valence-electron chi connectivity index (χ1n) is 4.43. The van der Waals surface area contributed by atoms with Gasteiger partial charge < -0.3 is 0 Å². The molecule has 0 radical (unpaired) electrons. The molecule has 1 aliphatic rings. The van der Waals surface area contributed by atoms with Crippen molar-refractivity contribution in [3.8, 4) is 0 Å². The predicted molar refractivity (Wildman–Crippen MR) is 51.9 cm³/mol. The molecule has 4 heteroatoms. The van der Waals surface area contributed by atoms with E-state index in [1.54, 1.807) is 10.8 Å². The summed E-state index contributed by atoms with van der Waals surface area (Å²) in [4.78, 5) is 0. The maximum Gasteiger partial charge on any atom is 0.134 e. The average Bonchev–Trinajstić information content (AvgIpc) is 2.34. The lowest BCUT2D eigenvalue weighted by molar-refractivity contribution is 0.127. The van der Waals surface area contributed by atoms with Crippen molar-refractivity contribution < 1.29 is 0 Å². The number of hydrogen-bond acceptors (Lipinski definition) is 3. The van der Waals surface area contributed by atoms with Crippen LogP contribution in [0, 0.1) is 0 Å². The summed E-state index contributed by atoms with van der Waals surface area (Å²) < 4.78 is 1.66. The van der Waals surface area contributed by atoms with Crippen molar-refractivity contribution in [1.82, 2.24) is 9.43 Å². The number of halogens is 1. The van der Waals surface area contributed by atoms with Crippen molar-refractivity contribution in [3.63, 3.8) is 0 Å². The third-order valence-corrected chi connectivity index (χ3v) is 2.27. The smallest absolute Gasteiger partial charge is 0.134 e. The lowest BCUT2D eigenvalue weighted by Crippen LogP contribution is -2.38. The summed E-state index contributed by atoms with van der Waals surface area (Å²) in [6.07, 6.45) is 4.11. The monoisotopic (exact) mass is 189 g/mol. The van der Waals surface area contributed by atoms with E-state index in [1.807, 2.05) is 5.01 Å². The number of rotatable bonds is 3.